The van der Waals surface area contributed by atoms with Gasteiger partial charge < -0.3 is 24.2 Å². The highest BCUT2D eigenvalue weighted by Crippen LogP contribution is 2.37. The van der Waals surface area contributed by atoms with Crippen LogP contribution in [0.4, 0.5) is 11.5 Å². The third-order valence-electron chi connectivity index (χ3n) is 10.2. The molecule has 3 aliphatic heterocycles. The van der Waals surface area contributed by atoms with Crippen LogP contribution in [0.15, 0.2) is 73.3 Å². The first-order chi connectivity index (χ1) is 27.3. The number of likely N-dealkylation sites (tertiary alicyclic amines) is 1. The molecule has 1 amide bonds. The Morgan fingerprint density at radius 1 is 1.00 bits per heavy atom. The molecule has 2 saturated heterocycles. The van der Waals surface area contributed by atoms with Gasteiger partial charge >= 0.3 is 12.0 Å². The largest absolute Gasteiger partial charge is 0.462 e. The van der Waals surface area contributed by atoms with Crippen molar-refractivity contribution in [2.45, 2.75) is 66.0 Å². The molecule has 0 radical (unpaired) electrons. The Kier molecular flexibility index (Phi) is 15.5. The second-order valence-corrected chi connectivity index (χ2v) is 14.2. The van der Waals surface area contributed by atoms with E-state index in [0.717, 1.165) is 89.4 Å². The summed E-state index contributed by atoms with van der Waals surface area (Å²) in [5.74, 6) is 0.574. The van der Waals surface area contributed by atoms with Crippen LogP contribution in [0.1, 0.15) is 67.2 Å². The van der Waals surface area contributed by atoms with Crippen molar-refractivity contribution in [3.8, 4) is 12.1 Å². The molecular formula is C44H54ClN7O4. The number of nitrogens with zero attached hydrogens (tertiary/aromatic N) is 7. The number of amides is 1. The topological polar surface area (TPSA) is 115 Å². The second-order valence-electron chi connectivity index (χ2n) is 13.8. The quantitative estimate of drug-likeness (QED) is 0.0855. The molecule has 4 heterocycles. The van der Waals surface area contributed by atoms with Crippen molar-refractivity contribution in [3.63, 3.8) is 0 Å². The zero-order valence-corrected chi connectivity index (χ0v) is 33.9. The number of anilines is 2. The van der Waals surface area contributed by atoms with Crippen LogP contribution < -0.4 is 14.5 Å². The third kappa shape index (κ3) is 10.4. The summed E-state index contributed by atoms with van der Waals surface area (Å²) >= 11 is 6.74. The van der Waals surface area contributed by atoms with Gasteiger partial charge in [0.25, 0.3) is 0 Å². The normalized spacial score (nSPS) is 16.4. The van der Waals surface area contributed by atoms with Crippen LogP contribution in [0.5, 0.6) is 6.01 Å². The van der Waals surface area contributed by atoms with Crippen LogP contribution in [-0.2, 0) is 22.5 Å². The summed E-state index contributed by atoms with van der Waals surface area (Å²) in [5, 5.41) is 10.2. The first-order valence-electron chi connectivity index (χ1n) is 19.7. The summed E-state index contributed by atoms with van der Waals surface area (Å²) in [4.78, 5) is 43.7. The number of nitriles is 1. The number of aromatic nitrogens is 2. The molecule has 4 aromatic rings. The molecule has 1 unspecified atom stereocenters. The molecule has 11 nitrogen and oxygen atoms in total. The number of carbonyl (C=O) groups excluding carboxylic acids is 2. The van der Waals surface area contributed by atoms with Gasteiger partial charge in [-0.1, -0.05) is 74.0 Å². The van der Waals surface area contributed by atoms with Crippen molar-refractivity contribution in [1.82, 2.24) is 19.8 Å². The van der Waals surface area contributed by atoms with Crippen molar-refractivity contribution in [1.29, 1.82) is 5.26 Å². The van der Waals surface area contributed by atoms with E-state index in [0.29, 0.717) is 57.5 Å². The standard InChI is InChI=1S/C40H45ClN6O4.C2H3N.C2H6/c1-3-36(48)45-20-22-46(23-21-45)38-32-16-19-47(35-15-6-11-29-10-5-14-33(41)37(29)35)26-34(32)42-40(43-38)51-27-31-13-7-17-44(31)18-8-24-50-39(49)30-12-4-9-28(2)25-30;1-2-3;1-2/h3-6,9-12,14-15,25,31H,1,7-8,13,16-24,26-27H2,2H3;1H3;1-2H3. The lowest BCUT2D eigenvalue weighted by atomic mass is 10.0. The fourth-order valence-electron chi connectivity index (χ4n) is 7.56. The van der Waals surface area contributed by atoms with E-state index in [4.69, 9.17) is 36.3 Å². The van der Waals surface area contributed by atoms with Gasteiger partial charge in [0.1, 0.15) is 12.4 Å². The van der Waals surface area contributed by atoms with E-state index >= 15 is 0 Å². The zero-order chi connectivity index (χ0) is 40.0. The molecule has 12 heteroatoms. The van der Waals surface area contributed by atoms with Crippen LogP contribution in [0.25, 0.3) is 10.8 Å². The maximum atomic E-state index is 12.5. The summed E-state index contributed by atoms with van der Waals surface area (Å²) in [5.41, 5.74) is 4.80. The van der Waals surface area contributed by atoms with Gasteiger partial charge in [-0.2, -0.15) is 15.2 Å². The van der Waals surface area contributed by atoms with Gasteiger partial charge in [-0.25, -0.2) is 4.79 Å². The number of piperazine rings is 1. The van der Waals surface area contributed by atoms with E-state index in [2.05, 4.69) is 45.5 Å². The highest BCUT2D eigenvalue weighted by Gasteiger charge is 2.30. The minimum Gasteiger partial charge on any atom is -0.462 e. The summed E-state index contributed by atoms with van der Waals surface area (Å²) in [6, 6.07) is 22.2. The van der Waals surface area contributed by atoms with Crippen molar-refractivity contribution in [2.24, 2.45) is 0 Å². The van der Waals surface area contributed by atoms with Crippen LogP contribution in [0, 0.1) is 18.3 Å². The Morgan fingerprint density at radius 3 is 2.46 bits per heavy atom. The molecular weight excluding hydrogens is 726 g/mol. The summed E-state index contributed by atoms with van der Waals surface area (Å²) in [7, 11) is 0. The van der Waals surface area contributed by atoms with Gasteiger partial charge in [0.15, 0.2) is 0 Å². The average molecular weight is 780 g/mol. The van der Waals surface area contributed by atoms with Crippen molar-refractivity contribution < 1.29 is 19.1 Å². The number of benzene rings is 3. The third-order valence-corrected chi connectivity index (χ3v) is 10.6. The minimum absolute atomic E-state index is 0.0432. The molecule has 296 valence electrons. The molecule has 3 aromatic carbocycles. The van der Waals surface area contributed by atoms with E-state index < -0.39 is 0 Å². The number of ether oxygens (including phenoxy) is 2. The molecule has 56 heavy (non-hydrogen) atoms. The number of halogens is 1. The highest BCUT2D eigenvalue weighted by atomic mass is 35.5. The monoisotopic (exact) mass is 779 g/mol. The van der Waals surface area contributed by atoms with E-state index in [-0.39, 0.29) is 17.9 Å². The Bertz CT molecular complexity index is 2000. The maximum absolute atomic E-state index is 12.5. The van der Waals surface area contributed by atoms with Gasteiger partial charge in [-0.3, -0.25) is 9.69 Å². The SMILES string of the molecule is C=CC(=O)N1CCN(c2nc(OCC3CCCN3CCCOC(=O)c3cccc(C)c3)nc3c2CCN(c2cccc4cccc(Cl)c24)C3)CC1.CC.CC#N. The van der Waals surface area contributed by atoms with Crippen LogP contribution >= 0.6 is 11.6 Å². The van der Waals surface area contributed by atoms with E-state index in [1.54, 1.807) is 12.1 Å². The van der Waals surface area contributed by atoms with Crippen LogP contribution in [-0.4, -0.2) is 96.7 Å². The Balaban J connectivity index is 0.00000115. The van der Waals surface area contributed by atoms with Crippen molar-refractivity contribution in [2.75, 3.05) is 68.8 Å². The summed E-state index contributed by atoms with van der Waals surface area (Å²) in [6.07, 6.45) is 5.02. The Labute approximate surface area is 336 Å². The molecule has 0 aliphatic carbocycles. The Morgan fingerprint density at radius 2 is 1.73 bits per heavy atom. The number of hydrogen-bond acceptors (Lipinski definition) is 10. The average Bonchev–Trinajstić information content (AvgIpc) is 3.69. The smallest absolute Gasteiger partial charge is 0.338 e. The molecule has 0 spiro atoms. The predicted octanol–water partition coefficient (Wildman–Crippen LogP) is 7.64. The summed E-state index contributed by atoms with van der Waals surface area (Å²) < 4.78 is 12.0. The number of fused-ring (bicyclic) bond motifs is 2. The van der Waals surface area contributed by atoms with Crippen molar-refractivity contribution in [3.05, 3.63) is 101 Å². The molecule has 3 aliphatic rings. The zero-order valence-electron chi connectivity index (χ0n) is 33.2. The molecule has 1 atom stereocenters. The van der Waals surface area contributed by atoms with Crippen LogP contribution in [0.3, 0.4) is 0 Å². The maximum Gasteiger partial charge on any atom is 0.338 e. The number of rotatable bonds is 11. The van der Waals surface area contributed by atoms with Gasteiger partial charge in [-0.15, -0.1) is 0 Å². The predicted molar refractivity (Wildman–Crippen MR) is 224 cm³/mol. The molecule has 2 fully saturated rings. The number of hydrogen-bond donors (Lipinski definition) is 0. The van der Waals surface area contributed by atoms with Crippen molar-refractivity contribution >= 4 is 45.8 Å². The van der Waals surface area contributed by atoms with Gasteiger partial charge in [-0.05, 0) is 74.9 Å². The highest BCUT2D eigenvalue weighted by molar-refractivity contribution is 6.36. The van der Waals surface area contributed by atoms with E-state index in [1.807, 2.05) is 56.0 Å². The lowest BCUT2D eigenvalue weighted by molar-refractivity contribution is -0.126. The number of esters is 1. The molecule has 0 N–H and O–H groups in total. The molecule has 0 saturated carbocycles. The first-order valence-corrected chi connectivity index (χ1v) is 20.1. The van der Waals surface area contributed by atoms with Gasteiger partial charge in [0.2, 0.25) is 5.91 Å². The molecule has 7 rings (SSSR count). The molecule has 0 bridgehead atoms. The molecule has 1 aromatic heterocycles. The fourth-order valence-corrected chi connectivity index (χ4v) is 7.84. The van der Waals surface area contributed by atoms with E-state index in [9.17, 15) is 9.59 Å². The fraction of sp³-hybridized carbons (Fsp3) is 0.432. The van der Waals surface area contributed by atoms with E-state index in [1.165, 1.54) is 13.0 Å². The number of aryl methyl sites for hydroxylation is 1. The van der Waals surface area contributed by atoms with Gasteiger partial charge in [0.05, 0.1) is 35.5 Å². The number of carbonyl (C=O) groups is 2. The lowest BCUT2D eigenvalue weighted by Crippen LogP contribution is -2.49. The van der Waals surface area contributed by atoms with Crippen LogP contribution in [0.2, 0.25) is 5.02 Å². The Hall–Kier alpha value is -5.18. The lowest BCUT2D eigenvalue weighted by Gasteiger charge is -2.38. The summed E-state index contributed by atoms with van der Waals surface area (Å²) in [6.45, 7) is 17.7. The van der Waals surface area contributed by atoms with Gasteiger partial charge in [0, 0.05) is 68.9 Å². The second kappa shape index (κ2) is 20.7. The first kappa shape index (κ1) is 42.0. The minimum atomic E-state index is -0.281.